The summed E-state index contributed by atoms with van der Waals surface area (Å²) >= 11 is 12.2. The van der Waals surface area contributed by atoms with E-state index in [-0.39, 0.29) is 27.4 Å². The fourth-order valence-electron chi connectivity index (χ4n) is 3.79. The van der Waals surface area contributed by atoms with Crippen LogP contribution in [-0.2, 0) is 0 Å². The van der Waals surface area contributed by atoms with E-state index in [0.717, 1.165) is 16.6 Å². The van der Waals surface area contributed by atoms with Crippen molar-refractivity contribution in [2.45, 2.75) is 13.8 Å². The first-order chi connectivity index (χ1) is 14.8. The number of halogens is 2. The highest BCUT2D eigenvalue weighted by atomic mass is 35.5. The third kappa shape index (κ3) is 3.64. The number of fused-ring (bicyclic) bond motifs is 1. The Morgan fingerprint density at radius 2 is 2.00 bits per heavy atom. The molecule has 1 aliphatic heterocycles. The Morgan fingerprint density at radius 3 is 2.71 bits per heavy atom. The van der Waals surface area contributed by atoms with E-state index >= 15 is 0 Å². The Morgan fingerprint density at radius 1 is 1.23 bits per heavy atom. The molecule has 3 amide bonds. The molecule has 4 rings (SSSR count). The number of rotatable bonds is 4. The normalized spacial score (nSPS) is 13.9. The van der Waals surface area contributed by atoms with E-state index in [1.165, 1.54) is 12.1 Å². The number of phenolic OH excluding ortho intramolecular Hbond substituents is 1. The summed E-state index contributed by atoms with van der Waals surface area (Å²) in [5, 5.41) is 13.4. The van der Waals surface area contributed by atoms with E-state index < -0.39 is 5.91 Å². The van der Waals surface area contributed by atoms with Crippen LogP contribution in [0.2, 0.25) is 10.0 Å². The Balaban J connectivity index is 1.77. The van der Waals surface area contributed by atoms with E-state index in [4.69, 9.17) is 23.2 Å². The summed E-state index contributed by atoms with van der Waals surface area (Å²) in [7, 11) is 0. The Hall–Kier alpha value is -3.03. The first-order valence-electron chi connectivity index (χ1n) is 9.76. The van der Waals surface area contributed by atoms with Crippen LogP contribution in [0.15, 0.2) is 36.5 Å². The lowest BCUT2D eigenvalue weighted by Gasteiger charge is -2.22. The van der Waals surface area contributed by atoms with Crippen LogP contribution in [0.4, 0.5) is 16.2 Å². The summed E-state index contributed by atoms with van der Waals surface area (Å²) in [5.74, 6) is -0.810. The van der Waals surface area contributed by atoms with Crippen molar-refractivity contribution in [2.24, 2.45) is 0 Å². The van der Waals surface area contributed by atoms with Gasteiger partial charge < -0.3 is 15.3 Å². The number of para-hydroxylation sites is 1. The van der Waals surface area contributed by atoms with Gasteiger partial charge in [0.25, 0.3) is 5.91 Å². The van der Waals surface area contributed by atoms with Gasteiger partial charge in [0.05, 0.1) is 32.5 Å². The fraction of sp³-hybridized carbons (Fsp3) is 0.227. The fourth-order valence-corrected chi connectivity index (χ4v) is 4.33. The molecule has 0 bridgehead atoms. The summed E-state index contributed by atoms with van der Waals surface area (Å²) in [6, 6.07) is 8.04. The minimum atomic E-state index is -0.572. The second kappa shape index (κ2) is 8.24. The third-order valence-electron chi connectivity index (χ3n) is 5.34. The van der Waals surface area contributed by atoms with E-state index in [9.17, 15) is 14.7 Å². The first-order valence-corrected chi connectivity index (χ1v) is 10.5. The number of nitrogens with one attached hydrogen (secondary N) is 1. The predicted molar refractivity (Wildman–Crippen MR) is 123 cm³/mol. The number of carbonyl (C=O) groups excluding carboxylic acids is 2. The van der Waals surface area contributed by atoms with Crippen molar-refractivity contribution in [1.82, 2.24) is 9.88 Å². The zero-order valence-corrected chi connectivity index (χ0v) is 18.5. The minimum absolute atomic E-state index is 0.0269. The molecule has 1 saturated heterocycles. The Kier molecular flexibility index (Phi) is 5.64. The zero-order valence-electron chi connectivity index (χ0n) is 16.9. The van der Waals surface area contributed by atoms with Crippen LogP contribution in [-0.4, -0.2) is 46.6 Å². The lowest BCUT2D eigenvalue weighted by Crippen LogP contribution is -2.32. The molecule has 0 atom stereocenters. The molecule has 3 aromatic rings. The molecule has 2 N–H and O–H groups in total. The maximum absolute atomic E-state index is 12.9. The number of amides is 3. The van der Waals surface area contributed by atoms with Crippen molar-refractivity contribution in [2.75, 3.05) is 29.9 Å². The number of phenols is 1. The van der Waals surface area contributed by atoms with Crippen LogP contribution < -0.4 is 10.2 Å². The number of anilines is 2. The Bertz CT molecular complexity index is 1220. The van der Waals surface area contributed by atoms with Gasteiger partial charge in [0.1, 0.15) is 5.75 Å². The number of aromatic nitrogens is 1. The second-order valence-corrected chi connectivity index (χ2v) is 8.00. The molecule has 1 aromatic heterocycles. The maximum atomic E-state index is 12.9. The largest absolute Gasteiger partial charge is 0.506 e. The number of aromatic hydroxyl groups is 1. The average molecular weight is 459 g/mol. The maximum Gasteiger partial charge on any atom is 0.324 e. The topological polar surface area (TPSA) is 85.8 Å². The third-order valence-corrected chi connectivity index (χ3v) is 6.04. The van der Waals surface area contributed by atoms with E-state index in [2.05, 4.69) is 10.3 Å². The summed E-state index contributed by atoms with van der Waals surface area (Å²) in [6.45, 7) is 5.73. The molecular formula is C22H20Cl2N4O3. The van der Waals surface area contributed by atoms with Gasteiger partial charge in [-0.2, -0.15) is 0 Å². The van der Waals surface area contributed by atoms with Crippen molar-refractivity contribution in [1.29, 1.82) is 0 Å². The number of aryl methyl sites for hydroxylation is 1. The molecule has 0 radical (unpaired) electrons. The quantitative estimate of drug-likeness (QED) is 0.571. The molecule has 0 unspecified atom stereocenters. The summed E-state index contributed by atoms with van der Waals surface area (Å²) < 4.78 is 0. The standard InChI is InChI=1S/C22H20Cl2N4O3/c1-3-27-9-10-28(22(27)31)20-12(2)11-25-19-13(20)5-4-6-15(19)26-21(30)17-14(23)7-8-16(29)18(17)24/h4-8,11,29H,3,9-10H2,1-2H3,(H,26,30). The number of pyridine rings is 1. The summed E-state index contributed by atoms with van der Waals surface area (Å²) in [6.07, 6.45) is 1.68. The van der Waals surface area contributed by atoms with Gasteiger partial charge in [0.15, 0.2) is 0 Å². The highest BCUT2D eigenvalue weighted by Gasteiger charge is 2.31. The molecule has 2 heterocycles. The molecule has 1 fully saturated rings. The first kappa shape index (κ1) is 21.2. The predicted octanol–water partition coefficient (Wildman–Crippen LogP) is 5.07. The Labute approximate surface area is 189 Å². The van der Waals surface area contributed by atoms with Crippen molar-refractivity contribution >= 4 is 57.4 Å². The van der Waals surface area contributed by atoms with Crippen LogP contribution in [0.1, 0.15) is 22.8 Å². The number of urea groups is 1. The van der Waals surface area contributed by atoms with Crippen LogP contribution in [0.3, 0.4) is 0 Å². The van der Waals surface area contributed by atoms with Gasteiger partial charge in [0, 0.05) is 31.2 Å². The molecule has 7 nitrogen and oxygen atoms in total. The highest BCUT2D eigenvalue weighted by Crippen LogP contribution is 2.36. The van der Waals surface area contributed by atoms with Gasteiger partial charge in [0.2, 0.25) is 0 Å². The molecule has 0 aliphatic carbocycles. The van der Waals surface area contributed by atoms with Crippen LogP contribution in [0, 0.1) is 6.92 Å². The van der Waals surface area contributed by atoms with Crippen molar-refractivity contribution < 1.29 is 14.7 Å². The van der Waals surface area contributed by atoms with Gasteiger partial charge in [-0.15, -0.1) is 0 Å². The molecule has 2 aromatic carbocycles. The van der Waals surface area contributed by atoms with E-state index in [0.29, 0.717) is 30.8 Å². The SMILES string of the molecule is CCN1CCN(c2c(C)cnc3c(NC(=O)c4c(Cl)ccc(O)c4Cl)cccc23)C1=O. The summed E-state index contributed by atoms with van der Waals surface area (Å²) in [4.78, 5) is 33.7. The number of likely N-dealkylation sites (N-methyl/N-ethyl adjacent to an activating group) is 1. The second-order valence-electron chi connectivity index (χ2n) is 7.22. The van der Waals surface area contributed by atoms with Crippen LogP contribution in [0.5, 0.6) is 5.75 Å². The van der Waals surface area contributed by atoms with Gasteiger partial charge in [-0.1, -0.05) is 35.3 Å². The van der Waals surface area contributed by atoms with Crippen molar-refractivity contribution in [3.05, 3.63) is 57.7 Å². The lowest BCUT2D eigenvalue weighted by molar-refractivity contribution is 0.102. The minimum Gasteiger partial charge on any atom is -0.506 e. The van der Waals surface area contributed by atoms with Gasteiger partial charge >= 0.3 is 6.03 Å². The van der Waals surface area contributed by atoms with E-state index in [1.807, 2.05) is 19.9 Å². The molecule has 1 aliphatic rings. The number of carbonyl (C=O) groups is 2. The monoisotopic (exact) mass is 458 g/mol. The molecule has 160 valence electrons. The van der Waals surface area contributed by atoms with Crippen molar-refractivity contribution in [3.63, 3.8) is 0 Å². The number of benzene rings is 2. The van der Waals surface area contributed by atoms with Crippen LogP contribution in [0.25, 0.3) is 10.9 Å². The molecule has 9 heteroatoms. The molecular weight excluding hydrogens is 439 g/mol. The van der Waals surface area contributed by atoms with Gasteiger partial charge in [-0.05, 0) is 37.6 Å². The smallest absolute Gasteiger partial charge is 0.324 e. The van der Waals surface area contributed by atoms with E-state index in [1.54, 1.807) is 28.1 Å². The molecule has 0 spiro atoms. The highest BCUT2D eigenvalue weighted by molar-refractivity contribution is 6.41. The zero-order chi connectivity index (χ0) is 22.3. The summed E-state index contributed by atoms with van der Waals surface area (Å²) in [5.41, 5.74) is 2.59. The molecule has 31 heavy (non-hydrogen) atoms. The molecule has 0 saturated carbocycles. The van der Waals surface area contributed by atoms with Gasteiger partial charge in [-0.3, -0.25) is 14.7 Å². The number of hydrogen-bond donors (Lipinski definition) is 2. The average Bonchev–Trinajstić information content (AvgIpc) is 3.11. The number of hydrogen-bond acceptors (Lipinski definition) is 4. The lowest BCUT2D eigenvalue weighted by atomic mass is 10.1. The van der Waals surface area contributed by atoms with Gasteiger partial charge in [-0.25, -0.2) is 4.79 Å². The van der Waals surface area contributed by atoms with Crippen molar-refractivity contribution in [3.8, 4) is 5.75 Å². The van der Waals surface area contributed by atoms with Crippen LogP contribution >= 0.6 is 23.2 Å². The number of nitrogens with zero attached hydrogens (tertiary/aromatic N) is 3.